The predicted octanol–water partition coefficient (Wildman–Crippen LogP) is 5.14. The number of rotatable bonds is 5. The van der Waals surface area contributed by atoms with Crippen LogP contribution < -0.4 is 10.1 Å². The molecule has 0 radical (unpaired) electrons. The van der Waals surface area contributed by atoms with E-state index in [-0.39, 0.29) is 11.7 Å². The lowest BCUT2D eigenvalue weighted by Crippen LogP contribution is -2.20. The summed E-state index contributed by atoms with van der Waals surface area (Å²) < 4.78 is 18.4. The molecule has 25 heavy (non-hydrogen) atoms. The number of ether oxygens (including phenoxy) is 1. The number of methoxy groups -OCH3 is 1. The van der Waals surface area contributed by atoms with Gasteiger partial charge in [0.05, 0.1) is 7.11 Å². The summed E-state index contributed by atoms with van der Waals surface area (Å²) in [5.41, 5.74) is 1.92. The van der Waals surface area contributed by atoms with E-state index in [1.807, 2.05) is 12.1 Å². The second-order valence-electron chi connectivity index (χ2n) is 6.72. The Morgan fingerprint density at radius 2 is 1.76 bits per heavy atom. The minimum atomic E-state index is -0.298. The molecule has 4 heteroatoms. The van der Waals surface area contributed by atoms with Gasteiger partial charge in [0.15, 0.2) is 0 Å². The SMILES string of the molecule is COc1ccccc1[C@H]1CC[C@H](CC(=O)Nc2ccc(F)cc2)CC1. The monoisotopic (exact) mass is 341 g/mol. The molecule has 1 aliphatic carbocycles. The normalized spacial score (nSPS) is 20.1. The zero-order valence-corrected chi connectivity index (χ0v) is 14.5. The molecule has 0 heterocycles. The first kappa shape index (κ1) is 17.5. The molecule has 3 rings (SSSR count). The molecule has 1 saturated carbocycles. The van der Waals surface area contributed by atoms with Crippen LogP contribution in [0.15, 0.2) is 48.5 Å². The van der Waals surface area contributed by atoms with Crippen molar-refractivity contribution in [1.29, 1.82) is 0 Å². The number of halogens is 1. The molecule has 3 nitrogen and oxygen atoms in total. The number of carbonyl (C=O) groups is 1. The molecule has 0 unspecified atom stereocenters. The Hall–Kier alpha value is -2.36. The van der Waals surface area contributed by atoms with Gasteiger partial charge in [-0.25, -0.2) is 4.39 Å². The summed E-state index contributed by atoms with van der Waals surface area (Å²) >= 11 is 0. The second kappa shape index (κ2) is 8.15. The van der Waals surface area contributed by atoms with Gasteiger partial charge in [0.25, 0.3) is 0 Å². The molecular weight excluding hydrogens is 317 g/mol. The lowest BCUT2D eigenvalue weighted by molar-refractivity contribution is -0.117. The van der Waals surface area contributed by atoms with E-state index in [4.69, 9.17) is 4.74 Å². The largest absolute Gasteiger partial charge is 0.496 e. The quantitative estimate of drug-likeness (QED) is 0.818. The maximum atomic E-state index is 12.9. The highest BCUT2D eigenvalue weighted by Gasteiger charge is 2.25. The fraction of sp³-hybridized carbons (Fsp3) is 0.381. The van der Waals surface area contributed by atoms with Crippen molar-refractivity contribution in [2.75, 3.05) is 12.4 Å². The predicted molar refractivity (Wildman–Crippen MR) is 97.3 cm³/mol. The summed E-state index contributed by atoms with van der Waals surface area (Å²) in [6.45, 7) is 0. The van der Waals surface area contributed by atoms with Crippen LogP contribution in [0.2, 0.25) is 0 Å². The van der Waals surface area contributed by atoms with Gasteiger partial charge in [-0.3, -0.25) is 4.79 Å². The molecule has 0 spiro atoms. The number of para-hydroxylation sites is 1. The van der Waals surface area contributed by atoms with Gasteiger partial charge in [0.2, 0.25) is 5.91 Å². The Balaban J connectivity index is 1.50. The summed E-state index contributed by atoms with van der Waals surface area (Å²) in [7, 11) is 1.71. The van der Waals surface area contributed by atoms with E-state index in [0.717, 1.165) is 31.4 Å². The molecular formula is C21H24FNO2. The number of carbonyl (C=O) groups excluding carboxylic acids is 1. The van der Waals surface area contributed by atoms with Crippen LogP contribution in [0.1, 0.15) is 43.6 Å². The Bertz CT molecular complexity index is 706. The Morgan fingerprint density at radius 1 is 1.08 bits per heavy atom. The van der Waals surface area contributed by atoms with Gasteiger partial charge < -0.3 is 10.1 Å². The Morgan fingerprint density at radius 3 is 2.44 bits per heavy atom. The molecule has 2 aromatic rings. The number of amides is 1. The molecule has 0 aliphatic heterocycles. The Kier molecular flexibility index (Phi) is 5.69. The van der Waals surface area contributed by atoms with Crippen molar-refractivity contribution in [3.8, 4) is 5.75 Å². The van der Waals surface area contributed by atoms with Crippen LogP contribution in [0.25, 0.3) is 0 Å². The highest BCUT2D eigenvalue weighted by atomic mass is 19.1. The average molecular weight is 341 g/mol. The molecule has 1 N–H and O–H groups in total. The molecule has 0 saturated heterocycles. The number of hydrogen-bond acceptors (Lipinski definition) is 2. The summed E-state index contributed by atoms with van der Waals surface area (Å²) in [4.78, 5) is 12.2. The molecule has 0 bridgehead atoms. The van der Waals surface area contributed by atoms with E-state index in [1.165, 1.54) is 17.7 Å². The fourth-order valence-electron chi connectivity index (χ4n) is 3.69. The van der Waals surface area contributed by atoms with E-state index < -0.39 is 0 Å². The summed E-state index contributed by atoms with van der Waals surface area (Å²) in [6, 6.07) is 14.1. The van der Waals surface area contributed by atoms with Crippen LogP contribution in [0.5, 0.6) is 5.75 Å². The number of anilines is 1. The van der Waals surface area contributed by atoms with Crippen LogP contribution in [-0.2, 0) is 4.79 Å². The molecule has 0 aromatic heterocycles. The topological polar surface area (TPSA) is 38.3 Å². The molecule has 1 amide bonds. The summed E-state index contributed by atoms with van der Waals surface area (Å²) in [6.07, 6.45) is 4.76. The highest BCUT2D eigenvalue weighted by Crippen LogP contribution is 2.40. The van der Waals surface area contributed by atoms with Gasteiger partial charge in [-0.2, -0.15) is 0 Å². The number of hydrogen-bond donors (Lipinski definition) is 1. The number of benzene rings is 2. The van der Waals surface area contributed by atoms with Crippen molar-refractivity contribution in [2.24, 2.45) is 5.92 Å². The first-order valence-electron chi connectivity index (χ1n) is 8.84. The minimum absolute atomic E-state index is 0.00681. The lowest BCUT2D eigenvalue weighted by Gasteiger charge is -2.29. The lowest BCUT2D eigenvalue weighted by atomic mass is 9.77. The zero-order valence-electron chi connectivity index (χ0n) is 14.5. The maximum Gasteiger partial charge on any atom is 0.224 e. The minimum Gasteiger partial charge on any atom is -0.496 e. The van der Waals surface area contributed by atoms with E-state index in [9.17, 15) is 9.18 Å². The first-order valence-corrected chi connectivity index (χ1v) is 8.84. The van der Waals surface area contributed by atoms with Crippen molar-refractivity contribution in [1.82, 2.24) is 0 Å². The van der Waals surface area contributed by atoms with Crippen LogP contribution >= 0.6 is 0 Å². The third-order valence-corrected chi connectivity index (χ3v) is 5.03. The van der Waals surface area contributed by atoms with E-state index in [1.54, 1.807) is 19.2 Å². The van der Waals surface area contributed by atoms with E-state index in [2.05, 4.69) is 17.4 Å². The molecule has 1 fully saturated rings. The maximum absolute atomic E-state index is 12.9. The first-order chi connectivity index (χ1) is 12.2. The molecule has 1 aliphatic rings. The van der Waals surface area contributed by atoms with Crippen LogP contribution in [-0.4, -0.2) is 13.0 Å². The fourth-order valence-corrected chi connectivity index (χ4v) is 3.69. The van der Waals surface area contributed by atoms with Gasteiger partial charge in [-0.05, 0) is 73.4 Å². The second-order valence-corrected chi connectivity index (χ2v) is 6.72. The number of nitrogens with one attached hydrogen (secondary N) is 1. The van der Waals surface area contributed by atoms with Crippen molar-refractivity contribution < 1.29 is 13.9 Å². The van der Waals surface area contributed by atoms with Crippen molar-refractivity contribution >= 4 is 11.6 Å². The van der Waals surface area contributed by atoms with Crippen LogP contribution in [0.4, 0.5) is 10.1 Å². The molecule has 0 atom stereocenters. The van der Waals surface area contributed by atoms with Crippen molar-refractivity contribution in [2.45, 2.75) is 38.0 Å². The van der Waals surface area contributed by atoms with Gasteiger partial charge in [0.1, 0.15) is 11.6 Å². The third-order valence-electron chi connectivity index (χ3n) is 5.03. The van der Waals surface area contributed by atoms with Gasteiger partial charge in [-0.1, -0.05) is 18.2 Å². The third kappa shape index (κ3) is 4.59. The summed E-state index contributed by atoms with van der Waals surface area (Å²) in [5.74, 6) is 1.58. The smallest absolute Gasteiger partial charge is 0.224 e. The molecule has 2 aromatic carbocycles. The van der Waals surface area contributed by atoms with Crippen molar-refractivity contribution in [3.63, 3.8) is 0 Å². The van der Waals surface area contributed by atoms with Crippen molar-refractivity contribution in [3.05, 3.63) is 59.9 Å². The average Bonchev–Trinajstić information content (AvgIpc) is 2.64. The standard InChI is InChI=1S/C21H24FNO2/c1-25-20-5-3-2-4-19(20)16-8-6-15(7-9-16)14-21(24)23-18-12-10-17(22)11-13-18/h2-5,10-13,15-16H,6-9,14H2,1H3,(H,23,24)/t15-,16-. The van der Waals surface area contributed by atoms with Crippen LogP contribution in [0.3, 0.4) is 0 Å². The van der Waals surface area contributed by atoms with E-state index in [0.29, 0.717) is 23.9 Å². The van der Waals surface area contributed by atoms with E-state index >= 15 is 0 Å². The zero-order chi connectivity index (χ0) is 17.6. The molecule has 132 valence electrons. The highest BCUT2D eigenvalue weighted by molar-refractivity contribution is 5.90. The Labute approximate surface area is 148 Å². The van der Waals surface area contributed by atoms with Gasteiger partial charge >= 0.3 is 0 Å². The van der Waals surface area contributed by atoms with Gasteiger partial charge in [-0.15, -0.1) is 0 Å². The van der Waals surface area contributed by atoms with Gasteiger partial charge in [0, 0.05) is 12.1 Å². The van der Waals surface area contributed by atoms with Crippen LogP contribution in [0, 0.1) is 11.7 Å². The summed E-state index contributed by atoms with van der Waals surface area (Å²) in [5, 5.41) is 2.85.